The van der Waals surface area contributed by atoms with E-state index in [4.69, 9.17) is 15.1 Å². The van der Waals surface area contributed by atoms with Crippen LogP contribution in [0.25, 0.3) is 0 Å². The molecule has 1 aromatic carbocycles. The molecule has 8 heteroatoms. The Morgan fingerprint density at radius 2 is 1.88 bits per heavy atom. The molecule has 0 aliphatic heterocycles. The number of rotatable bonds is 9. The topological polar surface area (TPSA) is 129 Å². The molecular weight excluding hydrogens is 338 g/mol. The summed E-state index contributed by atoms with van der Waals surface area (Å²) in [6, 6.07) is 7.44. The second-order valence-corrected chi connectivity index (χ2v) is 6.17. The zero-order chi connectivity index (χ0) is 19.7. The molecule has 2 atom stereocenters. The lowest BCUT2D eigenvalue weighted by atomic mass is 10.0. The van der Waals surface area contributed by atoms with Gasteiger partial charge < -0.3 is 20.5 Å². The molecular formula is C18H23N3O5. The van der Waals surface area contributed by atoms with E-state index in [1.165, 1.54) is 6.92 Å². The molecule has 0 spiro atoms. The monoisotopic (exact) mass is 361 g/mol. The number of ether oxygens (including phenoxy) is 1. The van der Waals surface area contributed by atoms with Crippen molar-refractivity contribution in [1.29, 1.82) is 5.26 Å². The zero-order valence-corrected chi connectivity index (χ0v) is 15.0. The number of carboxylic acids is 1. The number of aliphatic carboxylic acids is 1. The Bertz CT molecular complexity index is 696. The van der Waals surface area contributed by atoms with Crippen LogP contribution in [0, 0.1) is 17.2 Å². The van der Waals surface area contributed by atoms with Crippen LogP contribution in [0.3, 0.4) is 0 Å². The van der Waals surface area contributed by atoms with Crippen molar-refractivity contribution < 1.29 is 24.2 Å². The summed E-state index contributed by atoms with van der Waals surface area (Å²) in [7, 11) is 0. The van der Waals surface area contributed by atoms with Crippen LogP contribution in [0.4, 0.5) is 0 Å². The Hall–Kier alpha value is -3.08. The first-order valence-corrected chi connectivity index (χ1v) is 8.20. The average Bonchev–Trinajstić information content (AvgIpc) is 2.58. The van der Waals surface area contributed by atoms with Gasteiger partial charge in [0.1, 0.15) is 17.9 Å². The highest BCUT2D eigenvalue weighted by molar-refractivity contribution is 5.89. The first-order chi connectivity index (χ1) is 12.2. The van der Waals surface area contributed by atoms with Gasteiger partial charge in [0.2, 0.25) is 5.91 Å². The molecule has 0 aromatic heterocycles. The van der Waals surface area contributed by atoms with Crippen molar-refractivity contribution in [3.63, 3.8) is 0 Å². The summed E-state index contributed by atoms with van der Waals surface area (Å²) in [5.74, 6) is -1.91. The fraction of sp³-hybridized carbons (Fsp3) is 0.444. The molecule has 0 aliphatic carbocycles. The second kappa shape index (κ2) is 10.0. The molecule has 0 aliphatic rings. The first kappa shape index (κ1) is 21.0. The van der Waals surface area contributed by atoms with Crippen molar-refractivity contribution in [2.45, 2.75) is 39.3 Å². The van der Waals surface area contributed by atoms with Crippen LogP contribution in [0.5, 0.6) is 5.75 Å². The van der Waals surface area contributed by atoms with E-state index >= 15 is 0 Å². The van der Waals surface area contributed by atoms with Gasteiger partial charge in [0.25, 0.3) is 5.91 Å². The quantitative estimate of drug-likeness (QED) is 0.603. The summed E-state index contributed by atoms with van der Waals surface area (Å²) >= 11 is 0. The second-order valence-electron chi connectivity index (χ2n) is 6.17. The molecule has 0 heterocycles. The van der Waals surface area contributed by atoms with Crippen molar-refractivity contribution in [2.24, 2.45) is 5.92 Å². The Morgan fingerprint density at radius 1 is 1.23 bits per heavy atom. The van der Waals surface area contributed by atoms with Gasteiger partial charge in [-0.3, -0.25) is 9.59 Å². The zero-order valence-electron chi connectivity index (χ0n) is 15.0. The number of benzene rings is 1. The van der Waals surface area contributed by atoms with Gasteiger partial charge in [0.05, 0.1) is 12.1 Å². The van der Waals surface area contributed by atoms with Gasteiger partial charge in [0.15, 0.2) is 6.10 Å². The van der Waals surface area contributed by atoms with Gasteiger partial charge >= 0.3 is 5.97 Å². The van der Waals surface area contributed by atoms with Crippen molar-refractivity contribution in [3.05, 3.63) is 29.8 Å². The fourth-order valence-corrected chi connectivity index (χ4v) is 2.16. The number of carbonyl (C=O) groups is 3. The number of hydrogen-bond donors (Lipinski definition) is 3. The summed E-state index contributed by atoms with van der Waals surface area (Å²) in [6.45, 7) is 4.82. The standard InChI is InChI=1S/C18H23N3O5/c1-11(2)8-14(18(24)25)21-16(22)10-20-17(23)12(3)26-15-7-5-4-6-13(15)9-19/h4-7,11-12,14H,8,10H2,1-3H3,(H,20,23)(H,21,22)(H,24,25)/t12?,14-/m0/s1. The van der Waals surface area contributed by atoms with Gasteiger partial charge in [-0.25, -0.2) is 4.79 Å². The molecule has 1 unspecified atom stereocenters. The minimum absolute atomic E-state index is 0.0969. The number of nitrogens with zero attached hydrogens (tertiary/aromatic N) is 1. The summed E-state index contributed by atoms with van der Waals surface area (Å²) < 4.78 is 5.44. The maximum atomic E-state index is 12.0. The van der Waals surface area contributed by atoms with Crippen LogP contribution >= 0.6 is 0 Å². The summed E-state index contributed by atoms with van der Waals surface area (Å²) in [4.78, 5) is 35.0. The fourth-order valence-electron chi connectivity index (χ4n) is 2.16. The van der Waals surface area contributed by atoms with Gasteiger partial charge in [-0.15, -0.1) is 0 Å². The Morgan fingerprint density at radius 3 is 2.46 bits per heavy atom. The maximum Gasteiger partial charge on any atom is 0.326 e. The molecule has 140 valence electrons. The third-order valence-corrected chi connectivity index (χ3v) is 3.44. The normalized spacial score (nSPS) is 12.6. The van der Waals surface area contributed by atoms with Gasteiger partial charge in [-0.05, 0) is 31.4 Å². The van der Waals surface area contributed by atoms with Crippen molar-refractivity contribution >= 4 is 17.8 Å². The van der Waals surface area contributed by atoms with E-state index in [1.54, 1.807) is 24.3 Å². The minimum atomic E-state index is -1.12. The van der Waals surface area contributed by atoms with Crippen molar-refractivity contribution in [1.82, 2.24) is 10.6 Å². The number of carboxylic acid groups (broad SMARTS) is 1. The number of nitriles is 1. The van der Waals surface area contributed by atoms with Gasteiger partial charge in [0, 0.05) is 0 Å². The van der Waals surface area contributed by atoms with Gasteiger partial charge in [-0.2, -0.15) is 5.26 Å². The lowest BCUT2D eigenvalue weighted by molar-refractivity contribution is -0.142. The van der Waals surface area contributed by atoms with E-state index in [1.807, 2.05) is 19.9 Å². The third kappa shape index (κ3) is 6.81. The SMILES string of the molecule is CC(C)C[C@H](NC(=O)CNC(=O)C(C)Oc1ccccc1C#N)C(=O)O. The largest absolute Gasteiger partial charge is 0.480 e. The third-order valence-electron chi connectivity index (χ3n) is 3.44. The molecule has 0 fully saturated rings. The van der Waals surface area contributed by atoms with Crippen LogP contribution in [-0.2, 0) is 14.4 Å². The summed E-state index contributed by atoms with van der Waals surface area (Å²) in [5.41, 5.74) is 0.294. The number of amides is 2. The van der Waals surface area contributed by atoms with Crippen LogP contribution in [0.15, 0.2) is 24.3 Å². The van der Waals surface area contributed by atoms with E-state index in [2.05, 4.69) is 10.6 Å². The molecule has 8 nitrogen and oxygen atoms in total. The smallest absolute Gasteiger partial charge is 0.326 e. The van der Waals surface area contributed by atoms with Crippen molar-refractivity contribution in [3.8, 4) is 11.8 Å². The molecule has 2 amide bonds. The average molecular weight is 361 g/mol. The van der Waals surface area contributed by atoms with E-state index < -0.39 is 29.9 Å². The number of nitrogens with one attached hydrogen (secondary N) is 2. The molecule has 0 saturated carbocycles. The van der Waals surface area contributed by atoms with Crippen LogP contribution in [0.2, 0.25) is 0 Å². The molecule has 3 N–H and O–H groups in total. The van der Waals surface area contributed by atoms with E-state index in [0.29, 0.717) is 12.0 Å². The van der Waals surface area contributed by atoms with Crippen molar-refractivity contribution in [2.75, 3.05) is 6.54 Å². The minimum Gasteiger partial charge on any atom is -0.480 e. The molecule has 0 bridgehead atoms. The Kier molecular flexibility index (Phi) is 8.09. The van der Waals surface area contributed by atoms with Crippen LogP contribution < -0.4 is 15.4 Å². The molecule has 26 heavy (non-hydrogen) atoms. The van der Waals surface area contributed by atoms with Crippen LogP contribution in [-0.4, -0.2) is 41.6 Å². The molecule has 1 aromatic rings. The summed E-state index contributed by atoms with van der Waals surface area (Å²) in [5, 5.41) is 22.9. The highest BCUT2D eigenvalue weighted by atomic mass is 16.5. The Balaban J connectivity index is 2.53. The highest BCUT2D eigenvalue weighted by Gasteiger charge is 2.22. The Labute approximate surface area is 152 Å². The number of carbonyl (C=O) groups excluding carboxylic acids is 2. The molecule has 1 rings (SSSR count). The predicted molar refractivity (Wildman–Crippen MR) is 93.3 cm³/mol. The number of hydrogen-bond acceptors (Lipinski definition) is 5. The predicted octanol–water partition coefficient (Wildman–Crippen LogP) is 1.06. The van der Waals surface area contributed by atoms with E-state index in [9.17, 15) is 14.4 Å². The first-order valence-electron chi connectivity index (χ1n) is 8.20. The lowest BCUT2D eigenvalue weighted by Gasteiger charge is -2.18. The van der Waals surface area contributed by atoms with Crippen LogP contribution in [0.1, 0.15) is 32.8 Å². The highest BCUT2D eigenvalue weighted by Crippen LogP contribution is 2.18. The lowest BCUT2D eigenvalue weighted by Crippen LogP contribution is -2.47. The number of para-hydroxylation sites is 1. The van der Waals surface area contributed by atoms with Gasteiger partial charge in [-0.1, -0.05) is 26.0 Å². The summed E-state index contributed by atoms with van der Waals surface area (Å²) in [6.07, 6.45) is -0.636. The van der Waals surface area contributed by atoms with E-state index in [0.717, 1.165) is 0 Å². The maximum absolute atomic E-state index is 12.0. The van der Waals surface area contributed by atoms with E-state index in [-0.39, 0.29) is 18.2 Å². The molecule has 0 radical (unpaired) electrons. The molecule has 0 saturated heterocycles.